The Labute approximate surface area is 130 Å². The largest absolute Gasteiger partial charge is 0.464 e. The van der Waals surface area contributed by atoms with Gasteiger partial charge in [-0.25, -0.2) is 0 Å². The number of methoxy groups -OCH3 is 1. The minimum absolute atomic E-state index is 0.159. The number of rotatable bonds is 6. The highest BCUT2D eigenvalue weighted by molar-refractivity contribution is 14.1. The normalized spacial score (nSPS) is 10.9. The monoisotopic (exact) mass is 393 g/mol. The van der Waals surface area contributed by atoms with Crippen LogP contribution in [0.4, 0.5) is 0 Å². The van der Waals surface area contributed by atoms with Crippen molar-refractivity contribution in [3.8, 4) is 5.75 Å². The molecule has 0 aliphatic heterocycles. The summed E-state index contributed by atoms with van der Waals surface area (Å²) in [5.41, 5.74) is 0.745. The topological polar surface area (TPSA) is 40.6 Å². The van der Waals surface area contributed by atoms with Gasteiger partial charge in [0.05, 0.1) is 21.8 Å². The van der Waals surface area contributed by atoms with Crippen LogP contribution in [0, 0.1) is 3.57 Å². The molecule has 0 N–H and O–H groups in total. The standard InChI is InChI=1S/C13H13ClINO3/c1-17-5-6-18-8-19-13-11(15)7-10(14)9-3-2-4-16-12(9)13/h2-4,7H,5-6,8H2,1H3. The third-order valence-corrected chi connectivity index (χ3v) is 3.58. The van der Waals surface area contributed by atoms with Gasteiger partial charge in [-0.1, -0.05) is 11.6 Å². The summed E-state index contributed by atoms with van der Waals surface area (Å²) in [5, 5.41) is 1.54. The first-order chi connectivity index (χ1) is 9.24. The van der Waals surface area contributed by atoms with Crippen LogP contribution in [0.25, 0.3) is 10.9 Å². The molecule has 2 rings (SSSR count). The highest BCUT2D eigenvalue weighted by atomic mass is 127. The lowest BCUT2D eigenvalue weighted by Gasteiger charge is -2.12. The van der Waals surface area contributed by atoms with Crippen LogP contribution in [-0.4, -0.2) is 32.1 Å². The Balaban J connectivity index is 2.18. The third kappa shape index (κ3) is 3.68. The lowest BCUT2D eigenvalue weighted by Crippen LogP contribution is -2.08. The fourth-order valence-electron chi connectivity index (χ4n) is 1.59. The van der Waals surface area contributed by atoms with Crippen molar-refractivity contribution in [3.63, 3.8) is 0 Å². The number of nitrogens with zero attached hydrogens (tertiary/aromatic N) is 1. The quantitative estimate of drug-likeness (QED) is 0.428. The molecule has 0 unspecified atom stereocenters. The van der Waals surface area contributed by atoms with E-state index in [4.69, 9.17) is 25.8 Å². The van der Waals surface area contributed by atoms with Crippen molar-refractivity contribution < 1.29 is 14.2 Å². The first-order valence-corrected chi connectivity index (χ1v) is 7.12. The summed E-state index contributed by atoms with van der Waals surface area (Å²) >= 11 is 8.36. The van der Waals surface area contributed by atoms with E-state index in [9.17, 15) is 0 Å². The smallest absolute Gasteiger partial charge is 0.189 e. The molecular weight excluding hydrogens is 381 g/mol. The Kier molecular flexibility index (Phi) is 5.62. The van der Waals surface area contributed by atoms with Crippen LogP contribution in [0.1, 0.15) is 0 Å². The number of halogens is 2. The molecule has 0 aliphatic carbocycles. The maximum atomic E-state index is 6.19. The minimum atomic E-state index is 0.159. The van der Waals surface area contributed by atoms with Gasteiger partial charge in [0.25, 0.3) is 0 Å². The molecule has 0 aliphatic rings. The molecule has 0 spiro atoms. The van der Waals surface area contributed by atoms with Gasteiger partial charge < -0.3 is 14.2 Å². The molecule has 102 valence electrons. The van der Waals surface area contributed by atoms with E-state index < -0.39 is 0 Å². The molecule has 1 aromatic carbocycles. The SMILES string of the molecule is COCCOCOc1c(I)cc(Cl)c2cccnc12. The second-order valence-electron chi connectivity index (χ2n) is 3.73. The van der Waals surface area contributed by atoms with Gasteiger partial charge in [0.1, 0.15) is 5.52 Å². The second-order valence-corrected chi connectivity index (χ2v) is 5.30. The molecule has 0 amide bonds. The van der Waals surface area contributed by atoms with E-state index in [1.54, 1.807) is 13.3 Å². The molecule has 2 aromatic rings. The lowest BCUT2D eigenvalue weighted by atomic mass is 10.2. The summed E-state index contributed by atoms with van der Waals surface area (Å²) in [6.45, 7) is 1.19. The fourth-order valence-corrected chi connectivity index (χ4v) is 2.75. The molecule has 0 fully saturated rings. The number of ether oxygens (including phenoxy) is 3. The molecule has 1 aromatic heterocycles. The van der Waals surface area contributed by atoms with E-state index >= 15 is 0 Å². The van der Waals surface area contributed by atoms with Crippen LogP contribution in [0.5, 0.6) is 5.75 Å². The van der Waals surface area contributed by atoms with Crippen LogP contribution in [0.3, 0.4) is 0 Å². The maximum Gasteiger partial charge on any atom is 0.189 e. The lowest BCUT2D eigenvalue weighted by molar-refractivity contribution is -0.00823. The summed E-state index contributed by atoms with van der Waals surface area (Å²) in [6, 6.07) is 5.62. The number of hydrogen-bond acceptors (Lipinski definition) is 4. The van der Waals surface area contributed by atoms with Crippen molar-refractivity contribution in [2.75, 3.05) is 27.1 Å². The number of aromatic nitrogens is 1. The summed E-state index contributed by atoms with van der Waals surface area (Å²) in [6.07, 6.45) is 1.72. The average Bonchev–Trinajstić information content (AvgIpc) is 2.42. The number of pyridine rings is 1. The highest BCUT2D eigenvalue weighted by Crippen LogP contribution is 2.34. The Bertz CT molecular complexity index is 565. The van der Waals surface area contributed by atoms with Crippen LogP contribution < -0.4 is 4.74 Å². The predicted molar refractivity (Wildman–Crippen MR) is 82.8 cm³/mol. The zero-order valence-electron chi connectivity index (χ0n) is 10.4. The third-order valence-electron chi connectivity index (χ3n) is 2.47. The van der Waals surface area contributed by atoms with Crippen LogP contribution >= 0.6 is 34.2 Å². The van der Waals surface area contributed by atoms with E-state index in [1.807, 2.05) is 18.2 Å². The molecule has 0 radical (unpaired) electrons. The van der Waals surface area contributed by atoms with E-state index in [2.05, 4.69) is 27.6 Å². The van der Waals surface area contributed by atoms with Crippen molar-refractivity contribution >= 4 is 45.1 Å². The molecular formula is C13H13ClINO3. The summed E-state index contributed by atoms with van der Waals surface area (Å²) in [7, 11) is 1.63. The van der Waals surface area contributed by atoms with Crippen LogP contribution in [0.2, 0.25) is 5.02 Å². The summed E-state index contributed by atoms with van der Waals surface area (Å²) in [4.78, 5) is 4.32. The predicted octanol–water partition coefficient (Wildman–Crippen LogP) is 3.49. The summed E-state index contributed by atoms with van der Waals surface area (Å²) < 4.78 is 16.7. The van der Waals surface area contributed by atoms with Gasteiger partial charge in [0, 0.05) is 18.7 Å². The van der Waals surface area contributed by atoms with E-state index in [0.717, 1.165) is 14.5 Å². The maximum absolute atomic E-state index is 6.19. The van der Waals surface area contributed by atoms with Gasteiger partial charge in [0.15, 0.2) is 12.5 Å². The summed E-state index contributed by atoms with van der Waals surface area (Å²) in [5.74, 6) is 0.693. The Morgan fingerprint density at radius 1 is 1.37 bits per heavy atom. The molecule has 1 heterocycles. The Morgan fingerprint density at radius 3 is 3.00 bits per heavy atom. The number of hydrogen-bond donors (Lipinski definition) is 0. The molecule has 0 bridgehead atoms. The van der Waals surface area contributed by atoms with Gasteiger partial charge in [0.2, 0.25) is 0 Å². The van der Waals surface area contributed by atoms with Gasteiger partial charge in [-0.05, 0) is 40.8 Å². The molecule has 6 heteroatoms. The first kappa shape index (κ1) is 14.8. The molecule has 19 heavy (non-hydrogen) atoms. The molecule has 0 saturated carbocycles. The van der Waals surface area contributed by atoms with Crippen molar-refractivity contribution in [2.45, 2.75) is 0 Å². The van der Waals surface area contributed by atoms with E-state index in [1.165, 1.54) is 0 Å². The van der Waals surface area contributed by atoms with E-state index in [-0.39, 0.29) is 6.79 Å². The molecule has 0 atom stereocenters. The van der Waals surface area contributed by atoms with Gasteiger partial charge in [-0.3, -0.25) is 4.98 Å². The van der Waals surface area contributed by atoms with Crippen molar-refractivity contribution in [3.05, 3.63) is 33.0 Å². The highest BCUT2D eigenvalue weighted by Gasteiger charge is 2.11. The van der Waals surface area contributed by atoms with Gasteiger partial charge in [-0.15, -0.1) is 0 Å². The zero-order valence-corrected chi connectivity index (χ0v) is 13.3. The average molecular weight is 394 g/mol. The zero-order chi connectivity index (χ0) is 13.7. The number of fused-ring (bicyclic) bond motifs is 1. The molecule has 4 nitrogen and oxygen atoms in total. The van der Waals surface area contributed by atoms with Crippen molar-refractivity contribution in [2.24, 2.45) is 0 Å². The van der Waals surface area contributed by atoms with Crippen LogP contribution in [-0.2, 0) is 9.47 Å². The molecule has 0 saturated heterocycles. The van der Waals surface area contributed by atoms with Gasteiger partial charge in [-0.2, -0.15) is 0 Å². The van der Waals surface area contributed by atoms with E-state index in [0.29, 0.717) is 24.0 Å². The van der Waals surface area contributed by atoms with Crippen LogP contribution in [0.15, 0.2) is 24.4 Å². The Morgan fingerprint density at radius 2 is 2.21 bits per heavy atom. The minimum Gasteiger partial charge on any atom is -0.464 e. The van der Waals surface area contributed by atoms with Crippen molar-refractivity contribution in [1.82, 2.24) is 4.98 Å². The van der Waals surface area contributed by atoms with Gasteiger partial charge >= 0.3 is 0 Å². The van der Waals surface area contributed by atoms with Crippen molar-refractivity contribution in [1.29, 1.82) is 0 Å². The fraction of sp³-hybridized carbons (Fsp3) is 0.308. The first-order valence-electron chi connectivity index (χ1n) is 5.66. The number of benzene rings is 1. The Hall–Kier alpha value is -0.630. The second kappa shape index (κ2) is 7.23.